The van der Waals surface area contributed by atoms with Crippen molar-refractivity contribution >= 4 is 22.9 Å². The van der Waals surface area contributed by atoms with Crippen LogP contribution in [0.5, 0.6) is 0 Å². The number of nitrogens with one attached hydrogen (secondary N) is 1. The van der Waals surface area contributed by atoms with Gasteiger partial charge in [-0.1, -0.05) is 42.0 Å². The lowest BCUT2D eigenvalue weighted by atomic mass is 9.87. The molecule has 5 rings (SSSR count). The third-order valence-corrected chi connectivity index (χ3v) is 8.21. The van der Waals surface area contributed by atoms with Gasteiger partial charge in [0.1, 0.15) is 12.4 Å². The van der Waals surface area contributed by atoms with Crippen molar-refractivity contribution in [2.24, 2.45) is 0 Å². The molecule has 1 saturated heterocycles. The summed E-state index contributed by atoms with van der Waals surface area (Å²) >= 11 is 0. The number of likely N-dealkylation sites (tertiary alicyclic amines) is 1. The molecule has 1 aliphatic heterocycles. The molecule has 39 heavy (non-hydrogen) atoms. The number of Topliss-reactive ketones (excluding diaryl/α,β-unsaturated/α-hetero) is 1. The number of hydrogen-bond donors (Lipinski definition) is 1. The van der Waals surface area contributed by atoms with Crippen LogP contribution in [0.15, 0.2) is 60.3 Å². The zero-order chi connectivity index (χ0) is 27.5. The van der Waals surface area contributed by atoms with Gasteiger partial charge in [-0.2, -0.15) is 0 Å². The first kappa shape index (κ1) is 27.0. The lowest BCUT2D eigenvalue weighted by molar-refractivity contribution is 0.101. The first-order valence-corrected chi connectivity index (χ1v) is 13.8. The molecule has 4 aromatic rings. The van der Waals surface area contributed by atoms with Crippen LogP contribution in [-0.2, 0) is 11.3 Å². The van der Waals surface area contributed by atoms with Crippen LogP contribution >= 0.6 is 0 Å². The third-order valence-electron chi connectivity index (χ3n) is 8.21. The maximum atomic E-state index is 11.6. The van der Waals surface area contributed by atoms with Gasteiger partial charge < -0.3 is 9.72 Å². The Morgan fingerprint density at radius 3 is 2.56 bits per heavy atom. The van der Waals surface area contributed by atoms with Crippen molar-refractivity contribution in [3.05, 3.63) is 88.5 Å². The Labute approximate surface area is 231 Å². The zero-order valence-corrected chi connectivity index (χ0v) is 23.6. The van der Waals surface area contributed by atoms with Gasteiger partial charge in [0.15, 0.2) is 5.78 Å². The van der Waals surface area contributed by atoms with E-state index in [0.717, 1.165) is 59.6 Å². The summed E-state index contributed by atoms with van der Waals surface area (Å²) in [4.78, 5) is 26.8. The van der Waals surface area contributed by atoms with Gasteiger partial charge in [0.25, 0.3) is 0 Å². The molecule has 2 aromatic carbocycles. The molecule has 0 aliphatic carbocycles. The van der Waals surface area contributed by atoms with E-state index < -0.39 is 0 Å². The Hall–Kier alpha value is -3.61. The minimum Gasteiger partial charge on any atom is -0.377 e. The van der Waals surface area contributed by atoms with Crippen molar-refractivity contribution in [3.63, 3.8) is 0 Å². The number of fused-ring (bicyclic) bond motifs is 1. The van der Waals surface area contributed by atoms with Crippen LogP contribution in [0.3, 0.4) is 0 Å². The smallest absolute Gasteiger partial charge is 0.159 e. The van der Waals surface area contributed by atoms with Gasteiger partial charge in [-0.3, -0.25) is 14.7 Å². The predicted octanol–water partition coefficient (Wildman–Crippen LogP) is 6.95. The molecule has 202 valence electrons. The maximum absolute atomic E-state index is 11.6. The van der Waals surface area contributed by atoms with Crippen molar-refractivity contribution < 1.29 is 9.53 Å². The number of pyridine rings is 1. The Kier molecular flexibility index (Phi) is 8.05. The van der Waals surface area contributed by atoms with Gasteiger partial charge >= 0.3 is 0 Å². The molecular formula is C33H38N4O2. The fourth-order valence-electron chi connectivity index (χ4n) is 5.69. The number of benzene rings is 2. The molecule has 1 fully saturated rings. The number of nitrogens with zero attached hydrogens (tertiary/aromatic N) is 3. The third kappa shape index (κ3) is 5.87. The van der Waals surface area contributed by atoms with Gasteiger partial charge in [0, 0.05) is 36.2 Å². The highest BCUT2D eigenvalue weighted by atomic mass is 16.5. The summed E-state index contributed by atoms with van der Waals surface area (Å²) in [6, 6.07) is 17.0. The van der Waals surface area contributed by atoms with E-state index in [2.05, 4.69) is 83.1 Å². The summed E-state index contributed by atoms with van der Waals surface area (Å²) in [5.41, 5.74) is 9.92. The highest BCUT2D eigenvalue weighted by Gasteiger charge is 2.25. The number of aryl methyl sites for hydroxylation is 1. The first-order valence-electron chi connectivity index (χ1n) is 13.8. The van der Waals surface area contributed by atoms with Crippen LogP contribution in [0, 0.1) is 6.92 Å². The number of carbonyl (C=O) groups is 1. The molecule has 1 aliphatic rings. The number of methoxy groups -OCH3 is 1. The molecule has 1 N–H and O–H groups in total. The highest BCUT2D eigenvalue weighted by Crippen LogP contribution is 2.33. The van der Waals surface area contributed by atoms with Gasteiger partial charge in [-0.25, -0.2) is 4.98 Å². The fraction of sp³-hybridized carbons (Fsp3) is 0.364. The molecule has 6 heteroatoms. The molecule has 6 nitrogen and oxygen atoms in total. The number of piperidine rings is 1. The minimum absolute atomic E-state index is 0.123. The summed E-state index contributed by atoms with van der Waals surface area (Å²) in [7, 11) is 1.68. The van der Waals surface area contributed by atoms with E-state index in [1.807, 2.05) is 18.3 Å². The number of carbonyl (C=O) groups excluding carboxylic acids is 1. The van der Waals surface area contributed by atoms with Gasteiger partial charge in [0.2, 0.25) is 0 Å². The number of hydrogen-bond acceptors (Lipinski definition) is 5. The predicted molar refractivity (Wildman–Crippen MR) is 158 cm³/mol. The quantitative estimate of drug-likeness (QED) is 0.254. The van der Waals surface area contributed by atoms with Gasteiger partial charge in [-0.15, -0.1) is 0 Å². The Balaban J connectivity index is 1.33. The Bertz CT molecular complexity index is 1490. The number of rotatable bonds is 8. The second-order valence-corrected chi connectivity index (χ2v) is 10.8. The topological polar surface area (TPSA) is 71.1 Å². The summed E-state index contributed by atoms with van der Waals surface area (Å²) < 4.78 is 5.24. The number of ether oxygens (including phenoxy) is 1. The molecule has 1 unspecified atom stereocenters. The molecule has 2 aromatic heterocycles. The molecule has 0 amide bonds. The van der Waals surface area contributed by atoms with E-state index in [-0.39, 0.29) is 5.78 Å². The largest absolute Gasteiger partial charge is 0.377 e. The zero-order valence-electron chi connectivity index (χ0n) is 23.6. The molecule has 0 spiro atoms. The van der Waals surface area contributed by atoms with E-state index in [1.54, 1.807) is 14.0 Å². The minimum atomic E-state index is 0.123. The summed E-state index contributed by atoms with van der Waals surface area (Å²) in [5.74, 6) is 1.50. The average molecular weight is 523 g/mol. The van der Waals surface area contributed by atoms with Crippen LogP contribution in [0.25, 0.3) is 28.2 Å². The average Bonchev–Trinajstić information content (AvgIpc) is 3.35. The van der Waals surface area contributed by atoms with E-state index in [4.69, 9.17) is 4.74 Å². The van der Waals surface area contributed by atoms with E-state index >= 15 is 0 Å². The van der Waals surface area contributed by atoms with Gasteiger partial charge in [0.05, 0.1) is 11.0 Å². The number of ketones is 1. The summed E-state index contributed by atoms with van der Waals surface area (Å²) in [5, 5.41) is 0. The van der Waals surface area contributed by atoms with Crippen LogP contribution in [0.1, 0.15) is 72.5 Å². The normalized spacial score (nSPS) is 16.1. The summed E-state index contributed by atoms with van der Waals surface area (Å²) in [6.45, 7) is 10.8. The van der Waals surface area contributed by atoms with Crippen LogP contribution in [0.4, 0.5) is 0 Å². The van der Waals surface area contributed by atoms with Crippen molar-refractivity contribution in [2.45, 2.75) is 59.1 Å². The van der Waals surface area contributed by atoms with Crippen molar-refractivity contribution in [1.82, 2.24) is 19.9 Å². The van der Waals surface area contributed by atoms with Gasteiger partial charge in [-0.05, 0) is 94.4 Å². The Morgan fingerprint density at radius 2 is 1.87 bits per heavy atom. The van der Waals surface area contributed by atoms with Crippen LogP contribution < -0.4 is 0 Å². The molecule has 0 bridgehead atoms. The SMILES string of the molecule is COCc1nc2ccc(-c3ccnc(C)c3/C=C(\C)C(C)N3CCC(c4ccc(C(C)=O)cc4)CC3)cc2[nH]1. The Morgan fingerprint density at radius 1 is 1.13 bits per heavy atom. The lowest BCUT2D eigenvalue weighted by Gasteiger charge is -2.37. The molecular weight excluding hydrogens is 484 g/mol. The van der Waals surface area contributed by atoms with E-state index in [1.165, 1.54) is 22.3 Å². The standard InChI is InChI=1S/C33H38N4O2/c1-21(23(3)37-16-13-27(14-17-37)26-8-6-25(7-9-26)24(4)38)18-30-22(2)34-15-12-29(30)28-10-11-31-32(19-28)36-33(35-31)20-39-5/h6-12,15,18-19,23,27H,13-14,16-17,20H2,1-5H3,(H,35,36)/b21-18+. The number of imidazole rings is 1. The van der Waals surface area contributed by atoms with E-state index in [9.17, 15) is 4.79 Å². The maximum Gasteiger partial charge on any atom is 0.159 e. The second kappa shape index (κ2) is 11.6. The molecule has 1 atom stereocenters. The summed E-state index contributed by atoms with van der Waals surface area (Å²) in [6.07, 6.45) is 6.47. The lowest BCUT2D eigenvalue weighted by Crippen LogP contribution is -2.40. The molecule has 0 radical (unpaired) electrons. The van der Waals surface area contributed by atoms with E-state index in [0.29, 0.717) is 18.6 Å². The van der Waals surface area contributed by atoms with Crippen molar-refractivity contribution in [2.75, 3.05) is 20.2 Å². The first-order chi connectivity index (χ1) is 18.8. The van der Waals surface area contributed by atoms with Crippen molar-refractivity contribution in [3.8, 4) is 11.1 Å². The van der Waals surface area contributed by atoms with Crippen LogP contribution in [0.2, 0.25) is 0 Å². The highest BCUT2D eigenvalue weighted by molar-refractivity contribution is 5.94. The number of aromatic nitrogens is 3. The number of H-pyrrole nitrogens is 1. The second-order valence-electron chi connectivity index (χ2n) is 10.8. The monoisotopic (exact) mass is 522 g/mol. The molecule has 3 heterocycles. The molecule has 0 saturated carbocycles. The van der Waals surface area contributed by atoms with Crippen molar-refractivity contribution in [1.29, 1.82) is 0 Å². The number of aromatic amines is 1. The van der Waals surface area contributed by atoms with Crippen LogP contribution in [-0.4, -0.2) is 51.9 Å². The fourth-order valence-corrected chi connectivity index (χ4v) is 5.69.